The van der Waals surface area contributed by atoms with E-state index < -0.39 is 0 Å². The van der Waals surface area contributed by atoms with Gasteiger partial charge in [0.05, 0.1) is 13.2 Å². The quantitative estimate of drug-likeness (QED) is 0.329. The highest BCUT2D eigenvalue weighted by Gasteiger charge is 1.78. The van der Waals surface area contributed by atoms with Crippen LogP contribution in [0.1, 0.15) is 0 Å². The summed E-state index contributed by atoms with van der Waals surface area (Å²) in [6, 6.07) is 0. The number of hydrogen-bond donors (Lipinski definition) is 0. The fourth-order valence-corrected chi connectivity index (χ4v) is 0.508. The second kappa shape index (κ2) is 9.78. The third-order valence-corrected chi connectivity index (χ3v) is 0.966. The minimum absolute atomic E-state index is 0.343. The molecule has 0 fully saturated rings. The lowest BCUT2D eigenvalue weighted by molar-refractivity contribution is 0.190. The molecule has 0 aromatic rings. The molecule has 2 nitrogen and oxygen atoms in total. The summed E-state index contributed by atoms with van der Waals surface area (Å²) in [5.74, 6) is 4.73. The zero-order chi connectivity index (χ0) is 9.07. The van der Waals surface area contributed by atoms with E-state index in [0.29, 0.717) is 26.4 Å². The second-order valence-corrected chi connectivity index (χ2v) is 1.91. The lowest BCUT2D eigenvalue weighted by Crippen LogP contribution is -1.93. The molecule has 0 saturated heterocycles. The molecule has 0 spiro atoms. The first kappa shape index (κ1) is 10.8. The molecule has 0 aliphatic carbocycles. The fraction of sp³-hybridized carbons (Fsp3) is 0.400. The zero-order valence-corrected chi connectivity index (χ0v) is 6.95. The molecule has 2 heteroatoms. The largest absolute Gasteiger partial charge is 0.365 e. The Hall–Kier alpha value is -1.22. The predicted octanol–water partition coefficient (Wildman–Crippen LogP) is 0.842. The van der Waals surface area contributed by atoms with E-state index in [1.807, 2.05) is 12.2 Å². The molecule has 0 aromatic carbocycles. The Morgan fingerprint density at radius 3 is 1.67 bits per heavy atom. The summed E-state index contributed by atoms with van der Waals surface area (Å²) >= 11 is 0. The van der Waals surface area contributed by atoms with Crippen LogP contribution in [0.15, 0.2) is 12.2 Å². The van der Waals surface area contributed by atoms with Crippen molar-refractivity contribution in [3.8, 4) is 24.7 Å². The smallest absolute Gasteiger partial charge is 0.107 e. The number of rotatable bonds is 6. The van der Waals surface area contributed by atoms with E-state index in [9.17, 15) is 0 Å². The third kappa shape index (κ3) is 8.78. The van der Waals surface area contributed by atoms with Crippen molar-refractivity contribution < 1.29 is 9.47 Å². The minimum Gasteiger partial charge on any atom is -0.365 e. The third-order valence-electron chi connectivity index (χ3n) is 0.966. The van der Waals surface area contributed by atoms with Crippen LogP contribution in [0.4, 0.5) is 0 Å². The molecule has 0 bridgehead atoms. The first-order valence-electron chi connectivity index (χ1n) is 3.59. The van der Waals surface area contributed by atoms with Crippen molar-refractivity contribution in [2.24, 2.45) is 0 Å². The van der Waals surface area contributed by atoms with E-state index in [0.717, 1.165) is 0 Å². The number of ether oxygens (including phenoxy) is 2. The summed E-state index contributed by atoms with van der Waals surface area (Å²) in [4.78, 5) is 0. The predicted molar refractivity (Wildman–Crippen MR) is 48.4 cm³/mol. The normalized spacial score (nSPS) is 9.50. The van der Waals surface area contributed by atoms with Crippen molar-refractivity contribution >= 4 is 0 Å². The van der Waals surface area contributed by atoms with Gasteiger partial charge in [-0.2, -0.15) is 0 Å². The van der Waals surface area contributed by atoms with Gasteiger partial charge in [0.2, 0.25) is 0 Å². The molecule has 0 unspecified atom stereocenters. The van der Waals surface area contributed by atoms with Crippen LogP contribution in [-0.2, 0) is 9.47 Å². The highest BCUT2D eigenvalue weighted by Crippen LogP contribution is 1.79. The van der Waals surface area contributed by atoms with Crippen molar-refractivity contribution in [2.75, 3.05) is 26.4 Å². The highest BCUT2D eigenvalue weighted by atomic mass is 16.5. The summed E-state index contributed by atoms with van der Waals surface area (Å²) in [6.45, 7) is 1.72. The topological polar surface area (TPSA) is 18.5 Å². The van der Waals surface area contributed by atoms with Gasteiger partial charge in [0, 0.05) is 0 Å². The Balaban J connectivity index is 3.06. The van der Waals surface area contributed by atoms with E-state index in [4.69, 9.17) is 22.3 Å². The van der Waals surface area contributed by atoms with Gasteiger partial charge >= 0.3 is 0 Å². The van der Waals surface area contributed by atoms with Crippen molar-refractivity contribution in [3.63, 3.8) is 0 Å². The van der Waals surface area contributed by atoms with Gasteiger partial charge < -0.3 is 9.47 Å². The first-order chi connectivity index (χ1) is 5.91. The molecule has 0 aliphatic rings. The molecule has 0 amide bonds. The van der Waals surface area contributed by atoms with Gasteiger partial charge in [-0.25, -0.2) is 0 Å². The zero-order valence-electron chi connectivity index (χ0n) is 6.95. The van der Waals surface area contributed by atoms with Crippen molar-refractivity contribution in [2.45, 2.75) is 0 Å². The van der Waals surface area contributed by atoms with Crippen LogP contribution in [0.2, 0.25) is 0 Å². The maximum absolute atomic E-state index is 4.97. The van der Waals surface area contributed by atoms with Gasteiger partial charge in [0.25, 0.3) is 0 Å². The maximum Gasteiger partial charge on any atom is 0.107 e. The van der Waals surface area contributed by atoms with Gasteiger partial charge in [0.1, 0.15) is 13.2 Å². The summed E-state index contributed by atoms with van der Waals surface area (Å²) in [6.07, 6.45) is 13.6. The summed E-state index contributed by atoms with van der Waals surface area (Å²) in [5.41, 5.74) is 0. The van der Waals surface area contributed by atoms with Crippen molar-refractivity contribution in [1.29, 1.82) is 0 Å². The van der Waals surface area contributed by atoms with Gasteiger partial charge in [-0.1, -0.05) is 24.0 Å². The highest BCUT2D eigenvalue weighted by molar-refractivity contribution is 4.87. The van der Waals surface area contributed by atoms with Gasteiger partial charge in [-0.3, -0.25) is 0 Å². The summed E-state index contributed by atoms with van der Waals surface area (Å²) in [5, 5.41) is 0. The van der Waals surface area contributed by atoms with E-state index >= 15 is 0 Å². The maximum atomic E-state index is 4.97. The van der Waals surface area contributed by atoms with Crippen LogP contribution in [0, 0.1) is 24.7 Å². The fourth-order valence-electron chi connectivity index (χ4n) is 0.508. The van der Waals surface area contributed by atoms with Crippen molar-refractivity contribution in [3.05, 3.63) is 12.2 Å². The summed E-state index contributed by atoms with van der Waals surface area (Å²) in [7, 11) is 0. The van der Waals surface area contributed by atoms with Crippen LogP contribution < -0.4 is 0 Å². The molecule has 0 rings (SSSR count). The van der Waals surface area contributed by atoms with Crippen LogP contribution >= 0.6 is 0 Å². The molecule has 0 aromatic heterocycles. The standard InChI is InChI=1S/C10H12O2/c1-3-7-11-9-5-6-10-12-8-4-2/h1-2,5-6H,7-10H2/b6-5-. The van der Waals surface area contributed by atoms with Crippen LogP contribution in [0.5, 0.6) is 0 Å². The molecule has 0 heterocycles. The molecular weight excluding hydrogens is 152 g/mol. The SMILES string of the molecule is C#CCOC/C=C\COCC#C. The molecule has 0 N–H and O–H groups in total. The second-order valence-electron chi connectivity index (χ2n) is 1.91. The van der Waals surface area contributed by atoms with Gasteiger partial charge in [0.15, 0.2) is 0 Å². The van der Waals surface area contributed by atoms with E-state index in [1.165, 1.54) is 0 Å². The number of hydrogen-bond acceptors (Lipinski definition) is 2. The Labute approximate surface area is 73.6 Å². The molecule has 0 saturated carbocycles. The lowest BCUT2D eigenvalue weighted by Gasteiger charge is -1.93. The molecule has 0 aliphatic heterocycles. The van der Waals surface area contributed by atoms with E-state index in [2.05, 4.69) is 11.8 Å². The van der Waals surface area contributed by atoms with Crippen LogP contribution in [0.25, 0.3) is 0 Å². The molecular formula is C10H12O2. The molecule has 64 valence electrons. The average molecular weight is 164 g/mol. The molecule has 0 atom stereocenters. The van der Waals surface area contributed by atoms with Gasteiger partial charge in [-0.05, 0) is 0 Å². The Morgan fingerprint density at radius 1 is 0.917 bits per heavy atom. The average Bonchev–Trinajstić information content (AvgIpc) is 2.10. The molecule has 0 radical (unpaired) electrons. The van der Waals surface area contributed by atoms with Crippen molar-refractivity contribution in [1.82, 2.24) is 0 Å². The Morgan fingerprint density at radius 2 is 1.33 bits per heavy atom. The van der Waals surface area contributed by atoms with E-state index in [1.54, 1.807) is 0 Å². The molecule has 12 heavy (non-hydrogen) atoms. The van der Waals surface area contributed by atoms with E-state index in [-0.39, 0.29) is 0 Å². The summed E-state index contributed by atoms with van der Waals surface area (Å²) < 4.78 is 9.94. The number of terminal acetylenes is 2. The lowest BCUT2D eigenvalue weighted by atomic mass is 10.5. The minimum atomic E-state index is 0.343. The monoisotopic (exact) mass is 164 g/mol. The van der Waals surface area contributed by atoms with Crippen LogP contribution in [-0.4, -0.2) is 26.4 Å². The first-order valence-corrected chi connectivity index (χ1v) is 3.59. The Kier molecular flexibility index (Phi) is 8.79. The van der Waals surface area contributed by atoms with Crippen LogP contribution in [0.3, 0.4) is 0 Å². The van der Waals surface area contributed by atoms with Gasteiger partial charge in [-0.15, -0.1) is 12.8 Å². The Bertz CT molecular complexity index is 171.